The first kappa shape index (κ1) is 12.6. The molecule has 1 N–H and O–H groups in total. The molecule has 0 atom stereocenters. The Morgan fingerprint density at radius 1 is 1.00 bits per heavy atom. The SMILES string of the molecule is CN(C)CCc1cccc2c1Nc1ccccc1S2. The zero-order chi connectivity index (χ0) is 13.2. The standard InChI is InChI=1S/C16H18N2S/c1-18(2)11-10-12-6-5-9-15-16(12)17-13-7-3-4-8-14(13)19-15/h3-9,17H,10-11H2,1-2H3. The van der Waals surface area contributed by atoms with Crippen LogP contribution in [0, 0.1) is 0 Å². The monoisotopic (exact) mass is 270 g/mol. The highest BCUT2D eigenvalue weighted by Crippen LogP contribution is 2.45. The van der Waals surface area contributed by atoms with Crippen molar-refractivity contribution in [2.75, 3.05) is 26.0 Å². The summed E-state index contributed by atoms with van der Waals surface area (Å²) in [5.74, 6) is 0. The number of para-hydroxylation sites is 2. The van der Waals surface area contributed by atoms with Gasteiger partial charge in [0.2, 0.25) is 0 Å². The predicted octanol–water partition coefficient (Wildman–Crippen LogP) is 4.00. The van der Waals surface area contributed by atoms with Gasteiger partial charge in [-0.05, 0) is 44.3 Å². The molecule has 19 heavy (non-hydrogen) atoms. The summed E-state index contributed by atoms with van der Waals surface area (Å²) in [5, 5.41) is 3.59. The Kier molecular flexibility index (Phi) is 3.49. The van der Waals surface area contributed by atoms with Crippen LogP contribution in [-0.4, -0.2) is 25.5 Å². The van der Waals surface area contributed by atoms with Crippen molar-refractivity contribution < 1.29 is 0 Å². The highest BCUT2D eigenvalue weighted by Gasteiger charge is 2.17. The van der Waals surface area contributed by atoms with Crippen molar-refractivity contribution in [3.63, 3.8) is 0 Å². The maximum absolute atomic E-state index is 3.59. The van der Waals surface area contributed by atoms with E-state index in [1.54, 1.807) is 0 Å². The Morgan fingerprint density at radius 2 is 1.79 bits per heavy atom. The first-order valence-corrected chi connectivity index (χ1v) is 7.36. The Morgan fingerprint density at radius 3 is 2.63 bits per heavy atom. The Bertz CT molecular complexity index is 593. The van der Waals surface area contributed by atoms with Crippen LogP contribution in [0.4, 0.5) is 11.4 Å². The molecule has 0 bridgehead atoms. The van der Waals surface area contributed by atoms with Gasteiger partial charge in [0.05, 0.1) is 11.4 Å². The second kappa shape index (κ2) is 5.27. The molecule has 0 aromatic heterocycles. The Labute approximate surface area is 118 Å². The second-order valence-corrected chi connectivity index (χ2v) is 6.15. The fourth-order valence-corrected chi connectivity index (χ4v) is 3.31. The van der Waals surface area contributed by atoms with Crippen LogP contribution in [0.2, 0.25) is 0 Å². The average Bonchev–Trinajstić information content (AvgIpc) is 2.42. The zero-order valence-corrected chi connectivity index (χ0v) is 12.1. The number of hydrogen-bond acceptors (Lipinski definition) is 3. The van der Waals surface area contributed by atoms with E-state index in [9.17, 15) is 0 Å². The van der Waals surface area contributed by atoms with Crippen LogP contribution in [-0.2, 0) is 6.42 Å². The van der Waals surface area contributed by atoms with Crippen molar-refractivity contribution in [3.05, 3.63) is 48.0 Å². The van der Waals surface area contributed by atoms with E-state index in [0.29, 0.717) is 0 Å². The van der Waals surface area contributed by atoms with Gasteiger partial charge in [-0.3, -0.25) is 0 Å². The summed E-state index contributed by atoms with van der Waals surface area (Å²) >= 11 is 1.85. The third kappa shape index (κ3) is 2.62. The van der Waals surface area contributed by atoms with Gasteiger partial charge < -0.3 is 10.2 Å². The first-order valence-electron chi connectivity index (χ1n) is 6.54. The number of fused-ring (bicyclic) bond motifs is 2. The molecule has 2 aromatic rings. The van der Waals surface area contributed by atoms with Gasteiger partial charge in [-0.2, -0.15) is 0 Å². The van der Waals surface area contributed by atoms with E-state index in [1.165, 1.54) is 26.7 Å². The van der Waals surface area contributed by atoms with Crippen LogP contribution in [0.1, 0.15) is 5.56 Å². The maximum Gasteiger partial charge on any atom is 0.0559 e. The van der Waals surface area contributed by atoms with Crippen LogP contribution < -0.4 is 5.32 Å². The van der Waals surface area contributed by atoms with Gasteiger partial charge in [0.25, 0.3) is 0 Å². The van der Waals surface area contributed by atoms with Crippen molar-refractivity contribution in [1.82, 2.24) is 4.90 Å². The molecular weight excluding hydrogens is 252 g/mol. The van der Waals surface area contributed by atoms with E-state index in [0.717, 1.165) is 13.0 Å². The fourth-order valence-electron chi connectivity index (χ4n) is 2.27. The quantitative estimate of drug-likeness (QED) is 0.774. The lowest BCUT2D eigenvalue weighted by molar-refractivity contribution is 0.414. The molecule has 98 valence electrons. The number of hydrogen-bond donors (Lipinski definition) is 1. The van der Waals surface area contributed by atoms with Gasteiger partial charge in [0.15, 0.2) is 0 Å². The summed E-state index contributed by atoms with van der Waals surface area (Å²) in [6.45, 7) is 1.07. The molecule has 2 nitrogen and oxygen atoms in total. The van der Waals surface area contributed by atoms with E-state index in [1.807, 2.05) is 11.8 Å². The van der Waals surface area contributed by atoms with Crippen LogP contribution >= 0.6 is 11.8 Å². The minimum Gasteiger partial charge on any atom is -0.353 e. The molecule has 0 unspecified atom stereocenters. The Balaban J connectivity index is 1.92. The molecule has 0 fully saturated rings. The smallest absolute Gasteiger partial charge is 0.0559 e. The van der Waals surface area contributed by atoms with Gasteiger partial charge in [-0.15, -0.1) is 0 Å². The number of anilines is 2. The lowest BCUT2D eigenvalue weighted by Gasteiger charge is -2.23. The van der Waals surface area contributed by atoms with Gasteiger partial charge in [0.1, 0.15) is 0 Å². The van der Waals surface area contributed by atoms with E-state index in [-0.39, 0.29) is 0 Å². The topological polar surface area (TPSA) is 15.3 Å². The van der Waals surface area contributed by atoms with Crippen molar-refractivity contribution in [2.45, 2.75) is 16.2 Å². The molecule has 1 heterocycles. The summed E-state index contributed by atoms with van der Waals surface area (Å²) < 4.78 is 0. The molecule has 0 aliphatic carbocycles. The normalized spacial score (nSPS) is 12.8. The lowest BCUT2D eigenvalue weighted by Crippen LogP contribution is -2.16. The first-order chi connectivity index (χ1) is 9.24. The van der Waals surface area contributed by atoms with E-state index >= 15 is 0 Å². The highest BCUT2D eigenvalue weighted by molar-refractivity contribution is 7.99. The summed E-state index contributed by atoms with van der Waals surface area (Å²) in [4.78, 5) is 4.86. The highest BCUT2D eigenvalue weighted by atomic mass is 32.2. The van der Waals surface area contributed by atoms with Crippen molar-refractivity contribution in [3.8, 4) is 0 Å². The van der Waals surface area contributed by atoms with Crippen molar-refractivity contribution in [1.29, 1.82) is 0 Å². The molecule has 3 heteroatoms. The molecular formula is C16H18N2S. The minimum absolute atomic E-state index is 1.07. The lowest BCUT2D eigenvalue weighted by atomic mass is 10.1. The Hall–Kier alpha value is -1.45. The van der Waals surface area contributed by atoms with E-state index in [4.69, 9.17) is 0 Å². The molecule has 3 rings (SSSR count). The third-order valence-corrected chi connectivity index (χ3v) is 4.44. The second-order valence-electron chi connectivity index (χ2n) is 5.07. The molecule has 0 saturated heterocycles. The largest absolute Gasteiger partial charge is 0.353 e. The van der Waals surface area contributed by atoms with E-state index < -0.39 is 0 Å². The molecule has 1 aliphatic rings. The summed E-state index contributed by atoms with van der Waals surface area (Å²) in [5.41, 5.74) is 3.90. The average molecular weight is 270 g/mol. The number of rotatable bonds is 3. The number of benzene rings is 2. The molecule has 0 radical (unpaired) electrons. The van der Waals surface area contributed by atoms with Gasteiger partial charge in [0, 0.05) is 16.3 Å². The van der Waals surface area contributed by atoms with E-state index in [2.05, 4.69) is 66.8 Å². The molecule has 2 aromatic carbocycles. The molecule has 0 amide bonds. The predicted molar refractivity (Wildman–Crippen MR) is 82.5 cm³/mol. The van der Waals surface area contributed by atoms with Crippen molar-refractivity contribution in [2.24, 2.45) is 0 Å². The number of nitrogens with one attached hydrogen (secondary N) is 1. The van der Waals surface area contributed by atoms with Crippen LogP contribution in [0.15, 0.2) is 52.3 Å². The van der Waals surface area contributed by atoms with Crippen LogP contribution in [0.5, 0.6) is 0 Å². The summed E-state index contributed by atoms with van der Waals surface area (Å²) in [6, 6.07) is 15.1. The number of nitrogens with zero attached hydrogens (tertiary/aromatic N) is 1. The summed E-state index contributed by atoms with van der Waals surface area (Å²) in [7, 11) is 4.24. The zero-order valence-electron chi connectivity index (χ0n) is 11.3. The molecule has 1 aliphatic heterocycles. The molecule has 0 saturated carbocycles. The van der Waals surface area contributed by atoms with Crippen molar-refractivity contribution >= 4 is 23.1 Å². The van der Waals surface area contributed by atoms with Crippen LogP contribution in [0.25, 0.3) is 0 Å². The number of likely N-dealkylation sites (N-methyl/N-ethyl adjacent to an activating group) is 1. The minimum atomic E-state index is 1.07. The maximum atomic E-state index is 3.59. The fraction of sp³-hybridized carbons (Fsp3) is 0.250. The molecule has 0 spiro atoms. The third-order valence-electron chi connectivity index (χ3n) is 3.31. The van der Waals surface area contributed by atoms with Gasteiger partial charge >= 0.3 is 0 Å². The summed E-state index contributed by atoms with van der Waals surface area (Å²) in [6.07, 6.45) is 1.08. The van der Waals surface area contributed by atoms with Gasteiger partial charge in [-0.1, -0.05) is 36.0 Å². The van der Waals surface area contributed by atoms with Gasteiger partial charge in [-0.25, -0.2) is 0 Å². The van der Waals surface area contributed by atoms with Crippen LogP contribution in [0.3, 0.4) is 0 Å².